The van der Waals surface area contributed by atoms with Crippen molar-refractivity contribution in [2.75, 3.05) is 19.0 Å². The normalized spacial score (nSPS) is 20.0. The predicted molar refractivity (Wildman–Crippen MR) is 115 cm³/mol. The molecule has 1 aromatic carbocycles. The smallest absolute Gasteiger partial charge is 0.319 e. The molecule has 0 saturated carbocycles. The fourth-order valence-corrected chi connectivity index (χ4v) is 3.08. The van der Waals surface area contributed by atoms with Gasteiger partial charge in [0.25, 0.3) is 0 Å². The third kappa shape index (κ3) is 6.80. The summed E-state index contributed by atoms with van der Waals surface area (Å²) in [5.41, 5.74) is 1.36. The maximum atomic E-state index is 12.3. The maximum Gasteiger partial charge on any atom is 0.319 e. The number of anilines is 1. The molecule has 1 aliphatic heterocycles. The van der Waals surface area contributed by atoms with E-state index in [1.54, 1.807) is 49.7 Å². The molecule has 9 nitrogen and oxygen atoms in total. The van der Waals surface area contributed by atoms with Crippen molar-refractivity contribution in [3.8, 4) is 5.75 Å². The van der Waals surface area contributed by atoms with Crippen LogP contribution in [0.5, 0.6) is 5.75 Å². The van der Waals surface area contributed by atoms with E-state index in [4.69, 9.17) is 9.47 Å². The quantitative estimate of drug-likeness (QED) is 0.476. The van der Waals surface area contributed by atoms with Gasteiger partial charge in [-0.05, 0) is 36.4 Å². The van der Waals surface area contributed by atoms with Crippen LogP contribution in [0.1, 0.15) is 12.1 Å². The van der Waals surface area contributed by atoms with Crippen LogP contribution in [-0.4, -0.2) is 54.0 Å². The van der Waals surface area contributed by atoms with Gasteiger partial charge in [0.1, 0.15) is 11.9 Å². The molecule has 1 aromatic heterocycles. The third-order valence-electron chi connectivity index (χ3n) is 4.69. The van der Waals surface area contributed by atoms with Crippen LogP contribution in [-0.2, 0) is 16.1 Å². The first-order valence-electron chi connectivity index (χ1n) is 9.90. The van der Waals surface area contributed by atoms with Crippen LogP contribution < -0.4 is 20.7 Å². The summed E-state index contributed by atoms with van der Waals surface area (Å²) < 4.78 is 10.9. The summed E-state index contributed by atoms with van der Waals surface area (Å²) in [5.74, 6) is 0.491. The fraction of sp³-hybridized carbons (Fsp3) is 0.318. The Bertz CT molecular complexity index is 889. The zero-order valence-corrected chi connectivity index (χ0v) is 17.2. The Morgan fingerprint density at radius 3 is 2.65 bits per heavy atom. The summed E-state index contributed by atoms with van der Waals surface area (Å²) in [4.78, 5) is 28.6. The molecule has 0 radical (unpaired) electrons. The number of carbonyl (C=O) groups is 2. The number of aromatic nitrogens is 1. The highest BCUT2D eigenvalue weighted by molar-refractivity contribution is 5.89. The molecule has 1 aliphatic rings. The number of benzene rings is 1. The zero-order valence-electron chi connectivity index (χ0n) is 17.2. The highest BCUT2D eigenvalue weighted by Gasteiger charge is 2.29. The molecule has 2 heterocycles. The molecule has 0 fully saturated rings. The van der Waals surface area contributed by atoms with Gasteiger partial charge >= 0.3 is 6.03 Å². The second-order valence-corrected chi connectivity index (χ2v) is 6.94. The van der Waals surface area contributed by atoms with E-state index < -0.39 is 24.3 Å². The monoisotopic (exact) mass is 426 g/mol. The molecule has 0 aliphatic carbocycles. The Balaban J connectivity index is 1.48. The summed E-state index contributed by atoms with van der Waals surface area (Å²) in [6, 6.07) is 11.4. The van der Waals surface area contributed by atoms with Crippen LogP contribution in [0.4, 0.5) is 10.5 Å². The van der Waals surface area contributed by atoms with Crippen molar-refractivity contribution in [3.05, 3.63) is 66.5 Å². The Kier molecular flexibility index (Phi) is 7.97. The number of rotatable bonds is 8. The Hall–Kier alpha value is -3.43. The van der Waals surface area contributed by atoms with Gasteiger partial charge in [-0.25, -0.2) is 4.79 Å². The third-order valence-corrected chi connectivity index (χ3v) is 4.69. The van der Waals surface area contributed by atoms with Crippen molar-refractivity contribution >= 4 is 17.6 Å². The molecule has 0 bridgehead atoms. The van der Waals surface area contributed by atoms with Gasteiger partial charge in [0.2, 0.25) is 5.91 Å². The summed E-state index contributed by atoms with van der Waals surface area (Å²) in [6.45, 7) is 0.0269. The number of methoxy groups -OCH3 is 1. The van der Waals surface area contributed by atoms with Crippen molar-refractivity contribution in [1.29, 1.82) is 0 Å². The first kappa shape index (κ1) is 22.3. The molecular formula is C22H26N4O5. The number of carbonyl (C=O) groups excluding carboxylic acids is 2. The Morgan fingerprint density at radius 1 is 1.16 bits per heavy atom. The lowest BCUT2D eigenvalue weighted by Crippen LogP contribution is -2.50. The molecule has 2 aromatic rings. The zero-order chi connectivity index (χ0) is 22.1. The van der Waals surface area contributed by atoms with Crippen LogP contribution in [0.2, 0.25) is 0 Å². The SMILES string of the molecule is COc1ccc(NC(=O)N[C@@H]2C=C[C@H](CC(=O)NCc3ccccn3)O[C@H]2CO)cc1. The fourth-order valence-electron chi connectivity index (χ4n) is 3.08. The topological polar surface area (TPSA) is 122 Å². The van der Waals surface area contributed by atoms with Crippen LogP contribution in [0.25, 0.3) is 0 Å². The van der Waals surface area contributed by atoms with Crippen LogP contribution in [0.3, 0.4) is 0 Å². The minimum Gasteiger partial charge on any atom is -0.497 e. The van der Waals surface area contributed by atoms with Gasteiger partial charge in [-0.1, -0.05) is 18.2 Å². The molecule has 31 heavy (non-hydrogen) atoms. The number of nitrogens with zero attached hydrogens (tertiary/aromatic N) is 1. The van der Waals surface area contributed by atoms with Gasteiger partial charge in [0.05, 0.1) is 44.5 Å². The van der Waals surface area contributed by atoms with Gasteiger partial charge in [-0.2, -0.15) is 0 Å². The molecule has 3 atom stereocenters. The number of urea groups is 1. The molecule has 4 N–H and O–H groups in total. The summed E-state index contributed by atoms with van der Waals surface area (Å²) in [7, 11) is 1.57. The number of pyridine rings is 1. The first-order chi connectivity index (χ1) is 15.1. The standard InChI is InChI=1S/C22H26N4O5/c1-30-17-7-5-15(6-8-17)25-22(29)26-19-10-9-18(31-20(19)14-27)12-21(28)24-13-16-4-2-3-11-23-16/h2-11,18-20,27H,12-14H2,1H3,(H,24,28)(H2,25,26,29)/t18-,19-,20+/m1/s1. The van der Waals surface area contributed by atoms with Gasteiger partial charge in [0.15, 0.2) is 0 Å². The Labute approximate surface area is 180 Å². The van der Waals surface area contributed by atoms with Crippen LogP contribution in [0, 0.1) is 0 Å². The minimum atomic E-state index is -0.666. The van der Waals surface area contributed by atoms with Gasteiger partial charge < -0.3 is 30.5 Å². The van der Waals surface area contributed by atoms with E-state index in [0.717, 1.165) is 5.69 Å². The first-order valence-corrected chi connectivity index (χ1v) is 9.90. The average molecular weight is 426 g/mol. The number of nitrogens with one attached hydrogen (secondary N) is 3. The van der Waals surface area contributed by atoms with E-state index in [1.807, 2.05) is 18.2 Å². The maximum absolute atomic E-state index is 12.3. The van der Waals surface area contributed by atoms with Crippen molar-refractivity contribution in [1.82, 2.24) is 15.6 Å². The number of hydrogen-bond acceptors (Lipinski definition) is 6. The molecule has 3 amide bonds. The van der Waals surface area contributed by atoms with Crippen molar-refractivity contribution in [2.45, 2.75) is 31.2 Å². The average Bonchev–Trinajstić information content (AvgIpc) is 2.80. The number of aliphatic hydroxyl groups excluding tert-OH is 1. The van der Waals surface area contributed by atoms with Gasteiger partial charge in [-0.15, -0.1) is 0 Å². The number of amides is 3. The molecule has 3 rings (SSSR count). The van der Waals surface area contributed by atoms with Crippen LogP contribution in [0.15, 0.2) is 60.8 Å². The lowest BCUT2D eigenvalue weighted by Gasteiger charge is -2.31. The largest absolute Gasteiger partial charge is 0.497 e. The summed E-state index contributed by atoms with van der Waals surface area (Å²) in [5, 5.41) is 17.9. The molecule has 0 saturated heterocycles. The molecular weight excluding hydrogens is 400 g/mol. The number of ether oxygens (including phenoxy) is 2. The minimum absolute atomic E-state index is 0.102. The van der Waals surface area contributed by atoms with Gasteiger partial charge in [-0.3, -0.25) is 9.78 Å². The highest BCUT2D eigenvalue weighted by atomic mass is 16.5. The van der Waals surface area contributed by atoms with E-state index >= 15 is 0 Å². The second kappa shape index (κ2) is 11.1. The summed E-state index contributed by atoms with van der Waals surface area (Å²) >= 11 is 0. The molecule has 9 heteroatoms. The number of aliphatic hydroxyl groups is 1. The number of hydrogen-bond donors (Lipinski definition) is 4. The van der Waals surface area contributed by atoms with E-state index in [2.05, 4.69) is 20.9 Å². The molecule has 0 unspecified atom stereocenters. The van der Waals surface area contributed by atoms with E-state index in [9.17, 15) is 14.7 Å². The van der Waals surface area contributed by atoms with Crippen molar-refractivity contribution in [2.24, 2.45) is 0 Å². The van der Waals surface area contributed by atoms with Crippen LogP contribution >= 0.6 is 0 Å². The van der Waals surface area contributed by atoms with E-state index in [0.29, 0.717) is 18.0 Å². The van der Waals surface area contributed by atoms with Gasteiger partial charge in [0, 0.05) is 11.9 Å². The lowest BCUT2D eigenvalue weighted by atomic mass is 10.0. The molecule has 164 valence electrons. The summed E-state index contributed by atoms with van der Waals surface area (Å²) in [6.07, 6.45) is 4.05. The second-order valence-electron chi connectivity index (χ2n) is 6.94. The highest BCUT2D eigenvalue weighted by Crippen LogP contribution is 2.17. The van der Waals surface area contributed by atoms with Crippen molar-refractivity contribution < 1.29 is 24.2 Å². The molecule has 0 spiro atoms. The predicted octanol–water partition coefficient (Wildman–Crippen LogP) is 1.60. The van der Waals surface area contributed by atoms with E-state index in [-0.39, 0.29) is 18.9 Å². The Morgan fingerprint density at radius 2 is 1.97 bits per heavy atom. The van der Waals surface area contributed by atoms with E-state index in [1.165, 1.54) is 0 Å². The lowest BCUT2D eigenvalue weighted by molar-refractivity contribution is -0.125. The van der Waals surface area contributed by atoms with Crippen molar-refractivity contribution in [3.63, 3.8) is 0 Å².